The second-order valence-electron chi connectivity index (χ2n) is 6.37. The number of ether oxygens (including phenoxy) is 1. The highest BCUT2D eigenvalue weighted by Crippen LogP contribution is 2.35. The summed E-state index contributed by atoms with van der Waals surface area (Å²) in [5.74, 6) is 0.644. The van der Waals surface area contributed by atoms with Crippen LogP contribution in [0.25, 0.3) is 0 Å². The fraction of sp³-hybridized carbons (Fsp3) is 0.529. The summed E-state index contributed by atoms with van der Waals surface area (Å²) in [6.45, 7) is 2.62. The molecule has 1 aliphatic rings. The standard InChI is InChI=1S/C17H23N5O3S/c1-2-5-19-17(24)25-12-4-3-11(6-12)14-8-15(22-21-14)20-16(23)7-13-9-18-10-26-13/h8-12H,2-7H2,1H3,(H,19,24)(H2,20,21,22,23)/t11-,12+/m0/s1. The molecule has 26 heavy (non-hydrogen) atoms. The summed E-state index contributed by atoms with van der Waals surface area (Å²) in [5, 5.41) is 12.7. The maximum atomic E-state index is 12.0. The molecule has 2 aromatic rings. The minimum Gasteiger partial charge on any atom is -0.446 e. The van der Waals surface area contributed by atoms with Crippen molar-refractivity contribution in [3.05, 3.63) is 28.3 Å². The predicted octanol–water partition coefficient (Wildman–Crippen LogP) is 2.82. The van der Waals surface area contributed by atoms with E-state index in [0.29, 0.717) is 18.8 Å². The molecule has 0 aromatic carbocycles. The van der Waals surface area contributed by atoms with Gasteiger partial charge >= 0.3 is 6.09 Å². The normalized spacial score (nSPS) is 19.3. The minimum absolute atomic E-state index is 0.0791. The van der Waals surface area contributed by atoms with Crippen molar-refractivity contribution in [2.24, 2.45) is 0 Å². The number of alkyl carbamates (subject to hydrolysis) is 1. The van der Waals surface area contributed by atoms with Crippen LogP contribution in [0.2, 0.25) is 0 Å². The number of rotatable bonds is 7. The fourth-order valence-electron chi connectivity index (χ4n) is 3.03. The van der Waals surface area contributed by atoms with Crippen molar-refractivity contribution in [1.29, 1.82) is 0 Å². The van der Waals surface area contributed by atoms with Gasteiger partial charge in [-0.25, -0.2) is 4.79 Å². The molecule has 2 aromatic heterocycles. The molecule has 2 heterocycles. The number of thiazole rings is 1. The maximum absolute atomic E-state index is 12.0. The zero-order valence-electron chi connectivity index (χ0n) is 14.7. The molecular formula is C17H23N5O3S. The van der Waals surface area contributed by atoms with E-state index in [1.807, 2.05) is 13.0 Å². The SMILES string of the molecule is CCCNC(=O)O[C@@H]1CC[C@H](c2cc(NC(=O)Cc3cncs3)n[nH]2)C1. The van der Waals surface area contributed by atoms with Crippen molar-refractivity contribution in [3.63, 3.8) is 0 Å². The number of nitrogens with zero attached hydrogens (tertiary/aromatic N) is 2. The van der Waals surface area contributed by atoms with Crippen molar-refractivity contribution in [2.75, 3.05) is 11.9 Å². The van der Waals surface area contributed by atoms with E-state index in [1.165, 1.54) is 11.3 Å². The first-order chi connectivity index (χ1) is 12.6. The van der Waals surface area contributed by atoms with E-state index >= 15 is 0 Å². The van der Waals surface area contributed by atoms with Crippen molar-refractivity contribution < 1.29 is 14.3 Å². The third-order valence-corrected chi connectivity index (χ3v) is 5.08. The highest BCUT2D eigenvalue weighted by atomic mass is 32.1. The second kappa shape index (κ2) is 8.79. The van der Waals surface area contributed by atoms with E-state index in [9.17, 15) is 9.59 Å². The lowest BCUT2D eigenvalue weighted by atomic mass is 10.0. The molecule has 1 fully saturated rings. The zero-order chi connectivity index (χ0) is 18.4. The Hall–Kier alpha value is -2.42. The van der Waals surface area contributed by atoms with E-state index in [0.717, 1.165) is 36.3 Å². The van der Waals surface area contributed by atoms with Crippen molar-refractivity contribution >= 4 is 29.2 Å². The number of aromatic amines is 1. The van der Waals surface area contributed by atoms with Gasteiger partial charge in [0.2, 0.25) is 5.91 Å². The number of hydrogen-bond donors (Lipinski definition) is 3. The van der Waals surface area contributed by atoms with Gasteiger partial charge in [-0.3, -0.25) is 14.9 Å². The topological polar surface area (TPSA) is 109 Å². The van der Waals surface area contributed by atoms with E-state index in [2.05, 4.69) is 25.8 Å². The quantitative estimate of drug-likeness (QED) is 0.687. The van der Waals surface area contributed by atoms with E-state index in [1.54, 1.807) is 11.7 Å². The van der Waals surface area contributed by atoms with E-state index < -0.39 is 0 Å². The van der Waals surface area contributed by atoms with Crippen LogP contribution < -0.4 is 10.6 Å². The molecule has 2 atom stereocenters. The second-order valence-corrected chi connectivity index (χ2v) is 7.34. The lowest BCUT2D eigenvalue weighted by molar-refractivity contribution is -0.115. The first-order valence-corrected chi connectivity index (χ1v) is 9.69. The van der Waals surface area contributed by atoms with Gasteiger partial charge in [-0.15, -0.1) is 11.3 Å². The third-order valence-electron chi connectivity index (χ3n) is 4.30. The number of hydrogen-bond acceptors (Lipinski definition) is 6. The predicted molar refractivity (Wildman–Crippen MR) is 98.2 cm³/mol. The van der Waals surface area contributed by atoms with E-state index in [-0.39, 0.29) is 24.0 Å². The highest BCUT2D eigenvalue weighted by Gasteiger charge is 2.29. The first-order valence-electron chi connectivity index (χ1n) is 8.81. The number of carbonyl (C=O) groups is 2. The Morgan fingerprint density at radius 3 is 3.08 bits per heavy atom. The summed E-state index contributed by atoms with van der Waals surface area (Å²) in [5.41, 5.74) is 2.66. The van der Waals surface area contributed by atoms with Crippen LogP contribution in [0.4, 0.5) is 10.6 Å². The summed E-state index contributed by atoms with van der Waals surface area (Å²) < 4.78 is 5.44. The summed E-state index contributed by atoms with van der Waals surface area (Å²) in [4.78, 5) is 28.5. The van der Waals surface area contributed by atoms with Gasteiger partial charge in [0, 0.05) is 35.3 Å². The summed E-state index contributed by atoms with van der Waals surface area (Å²) in [7, 11) is 0. The molecule has 0 spiro atoms. The Bertz CT molecular complexity index is 731. The highest BCUT2D eigenvalue weighted by molar-refractivity contribution is 7.09. The van der Waals surface area contributed by atoms with Crippen LogP contribution >= 0.6 is 11.3 Å². The molecule has 2 amide bonds. The summed E-state index contributed by atoms with van der Waals surface area (Å²) in [6.07, 6.45) is 4.94. The Kier molecular flexibility index (Phi) is 6.21. The van der Waals surface area contributed by atoms with Crippen molar-refractivity contribution in [2.45, 2.75) is 51.0 Å². The van der Waals surface area contributed by atoms with Crippen LogP contribution in [0.3, 0.4) is 0 Å². The van der Waals surface area contributed by atoms with Gasteiger partial charge in [-0.2, -0.15) is 5.10 Å². The van der Waals surface area contributed by atoms with Gasteiger partial charge in [0.25, 0.3) is 0 Å². The molecule has 9 heteroatoms. The van der Waals surface area contributed by atoms with Crippen LogP contribution in [-0.4, -0.2) is 39.8 Å². The summed E-state index contributed by atoms with van der Waals surface area (Å²) in [6, 6.07) is 1.86. The van der Waals surface area contributed by atoms with Gasteiger partial charge in [-0.1, -0.05) is 6.92 Å². The number of H-pyrrole nitrogens is 1. The number of anilines is 1. The van der Waals surface area contributed by atoms with Crippen molar-refractivity contribution in [1.82, 2.24) is 20.5 Å². The molecule has 140 valence electrons. The number of carbonyl (C=O) groups excluding carboxylic acids is 2. The average Bonchev–Trinajstić information content (AvgIpc) is 3.35. The third kappa shape index (κ3) is 5.04. The fourth-order valence-corrected chi connectivity index (χ4v) is 3.63. The molecule has 3 N–H and O–H groups in total. The first kappa shape index (κ1) is 18.4. The Morgan fingerprint density at radius 2 is 2.31 bits per heavy atom. The van der Waals surface area contributed by atoms with Crippen LogP contribution in [0, 0.1) is 0 Å². The van der Waals surface area contributed by atoms with Crippen LogP contribution in [-0.2, 0) is 16.0 Å². The lowest BCUT2D eigenvalue weighted by Gasteiger charge is -2.12. The molecule has 1 saturated carbocycles. The number of nitrogens with one attached hydrogen (secondary N) is 3. The molecule has 0 aliphatic heterocycles. The molecular weight excluding hydrogens is 354 g/mol. The number of aromatic nitrogens is 3. The monoisotopic (exact) mass is 377 g/mol. The maximum Gasteiger partial charge on any atom is 0.407 e. The van der Waals surface area contributed by atoms with Crippen LogP contribution in [0.1, 0.15) is 49.1 Å². The van der Waals surface area contributed by atoms with Gasteiger partial charge in [0.15, 0.2) is 5.82 Å². The Balaban J connectivity index is 1.47. The largest absolute Gasteiger partial charge is 0.446 e. The summed E-state index contributed by atoms with van der Waals surface area (Å²) >= 11 is 1.45. The molecule has 0 bridgehead atoms. The zero-order valence-corrected chi connectivity index (χ0v) is 15.5. The Labute approximate surface area is 155 Å². The lowest BCUT2D eigenvalue weighted by Crippen LogP contribution is -2.28. The van der Waals surface area contributed by atoms with Gasteiger partial charge in [0.1, 0.15) is 6.10 Å². The molecule has 0 unspecified atom stereocenters. The van der Waals surface area contributed by atoms with Crippen molar-refractivity contribution in [3.8, 4) is 0 Å². The smallest absolute Gasteiger partial charge is 0.407 e. The minimum atomic E-state index is -0.349. The van der Waals surface area contributed by atoms with E-state index in [4.69, 9.17) is 4.74 Å². The molecule has 0 saturated heterocycles. The molecule has 1 aliphatic carbocycles. The number of amides is 2. The molecule has 8 nitrogen and oxygen atoms in total. The Morgan fingerprint density at radius 1 is 1.42 bits per heavy atom. The average molecular weight is 377 g/mol. The van der Waals surface area contributed by atoms with Crippen LogP contribution in [0.5, 0.6) is 0 Å². The van der Waals surface area contributed by atoms with Gasteiger partial charge in [0.05, 0.1) is 11.9 Å². The van der Waals surface area contributed by atoms with Gasteiger partial charge < -0.3 is 15.4 Å². The molecule has 3 rings (SSSR count). The van der Waals surface area contributed by atoms with Gasteiger partial charge in [-0.05, 0) is 25.7 Å². The van der Waals surface area contributed by atoms with Crippen LogP contribution in [0.15, 0.2) is 17.8 Å². The molecule has 0 radical (unpaired) electrons.